The van der Waals surface area contributed by atoms with Crippen LogP contribution in [-0.2, 0) is 21.2 Å². The SMILES string of the molecule is CCNC(=NCCCS(C)(=O)=O)N1CCC(COCc2ccccc2)C1. The standard InChI is InChI=1S/C19H31N3O3S/c1-3-20-19(21-11-7-13-26(2,23)24)22-12-10-18(14-22)16-25-15-17-8-5-4-6-9-17/h4-6,8-9,18H,3,7,10-16H2,1-2H3,(H,20,21). The van der Waals surface area contributed by atoms with Gasteiger partial charge in [0.1, 0.15) is 9.84 Å². The third kappa shape index (κ3) is 7.74. The molecule has 1 N–H and O–H groups in total. The van der Waals surface area contributed by atoms with Crippen molar-refractivity contribution >= 4 is 15.8 Å². The molecule has 0 aliphatic carbocycles. The first-order valence-corrected chi connectivity index (χ1v) is 11.4. The number of ether oxygens (including phenoxy) is 1. The maximum Gasteiger partial charge on any atom is 0.193 e. The van der Waals surface area contributed by atoms with Crippen molar-refractivity contribution in [1.29, 1.82) is 0 Å². The lowest BCUT2D eigenvalue weighted by molar-refractivity contribution is 0.0907. The van der Waals surface area contributed by atoms with Gasteiger partial charge in [0.2, 0.25) is 0 Å². The quantitative estimate of drug-likeness (QED) is 0.402. The summed E-state index contributed by atoms with van der Waals surface area (Å²) in [5.41, 5.74) is 1.20. The molecule has 1 aliphatic heterocycles. The van der Waals surface area contributed by atoms with E-state index in [4.69, 9.17) is 4.74 Å². The zero-order valence-corrected chi connectivity index (χ0v) is 16.7. The van der Waals surface area contributed by atoms with Gasteiger partial charge in [-0.25, -0.2) is 8.42 Å². The number of sulfone groups is 1. The van der Waals surface area contributed by atoms with Crippen molar-refractivity contribution in [3.8, 4) is 0 Å². The minimum absolute atomic E-state index is 0.186. The second-order valence-electron chi connectivity index (χ2n) is 6.82. The number of hydrogen-bond acceptors (Lipinski definition) is 4. The smallest absolute Gasteiger partial charge is 0.193 e. The maximum absolute atomic E-state index is 11.2. The van der Waals surface area contributed by atoms with Crippen molar-refractivity contribution in [3.63, 3.8) is 0 Å². The Morgan fingerprint density at radius 1 is 1.35 bits per heavy atom. The van der Waals surface area contributed by atoms with Gasteiger partial charge in [-0.05, 0) is 25.3 Å². The third-order valence-corrected chi connectivity index (χ3v) is 5.35. The van der Waals surface area contributed by atoms with E-state index in [-0.39, 0.29) is 5.75 Å². The van der Waals surface area contributed by atoms with Crippen molar-refractivity contribution in [1.82, 2.24) is 10.2 Å². The van der Waals surface area contributed by atoms with Crippen LogP contribution in [0, 0.1) is 5.92 Å². The Morgan fingerprint density at radius 2 is 2.12 bits per heavy atom. The predicted molar refractivity (Wildman–Crippen MR) is 106 cm³/mol. The molecule has 0 saturated carbocycles. The number of hydrogen-bond donors (Lipinski definition) is 1. The van der Waals surface area contributed by atoms with Gasteiger partial charge in [-0.2, -0.15) is 0 Å². The lowest BCUT2D eigenvalue weighted by atomic mass is 10.1. The summed E-state index contributed by atoms with van der Waals surface area (Å²) in [5, 5.41) is 3.31. The summed E-state index contributed by atoms with van der Waals surface area (Å²) in [4.78, 5) is 6.84. The van der Waals surface area contributed by atoms with Crippen LogP contribution in [0.4, 0.5) is 0 Å². The third-order valence-electron chi connectivity index (χ3n) is 4.32. The largest absolute Gasteiger partial charge is 0.376 e. The Hall–Kier alpha value is -1.60. The van der Waals surface area contributed by atoms with Gasteiger partial charge in [0.25, 0.3) is 0 Å². The summed E-state index contributed by atoms with van der Waals surface area (Å²) in [7, 11) is -2.92. The van der Waals surface area contributed by atoms with Crippen molar-refractivity contribution < 1.29 is 13.2 Å². The molecular weight excluding hydrogens is 350 g/mol. The van der Waals surface area contributed by atoms with Gasteiger partial charge < -0.3 is 15.0 Å². The summed E-state index contributed by atoms with van der Waals surface area (Å²) >= 11 is 0. The molecule has 1 aromatic rings. The van der Waals surface area contributed by atoms with Gasteiger partial charge in [-0.3, -0.25) is 4.99 Å². The molecule has 0 amide bonds. The second-order valence-corrected chi connectivity index (χ2v) is 9.08. The summed E-state index contributed by atoms with van der Waals surface area (Å²) in [6.07, 6.45) is 2.91. The van der Waals surface area contributed by atoms with Crippen molar-refractivity contribution in [3.05, 3.63) is 35.9 Å². The van der Waals surface area contributed by atoms with Crippen LogP contribution in [0.3, 0.4) is 0 Å². The molecule has 1 fully saturated rings. The fourth-order valence-electron chi connectivity index (χ4n) is 3.02. The van der Waals surface area contributed by atoms with E-state index in [1.807, 2.05) is 25.1 Å². The Kier molecular flexibility index (Phi) is 8.38. The number of rotatable bonds is 9. The zero-order chi connectivity index (χ0) is 18.8. The average molecular weight is 382 g/mol. The van der Waals surface area contributed by atoms with Crippen molar-refractivity contribution in [2.45, 2.75) is 26.4 Å². The number of aliphatic imine (C=N–C) groups is 1. The molecule has 1 unspecified atom stereocenters. The highest BCUT2D eigenvalue weighted by molar-refractivity contribution is 7.90. The summed E-state index contributed by atoms with van der Waals surface area (Å²) in [6, 6.07) is 10.2. The summed E-state index contributed by atoms with van der Waals surface area (Å²) in [5.74, 6) is 1.57. The monoisotopic (exact) mass is 381 g/mol. The molecule has 1 saturated heterocycles. The lowest BCUT2D eigenvalue weighted by Crippen LogP contribution is -2.40. The highest BCUT2D eigenvalue weighted by atomic mass is 32.2. The predicted octanol–water partition coefficient (Wildman–Crippen LogP) is 1.93. The van der Waals surface area contributed by atoms with E-state index in [0.29, 0.717) is 25.5 Å². The summed E-state index contributed by atoms with van der Waals surface area (Å²) in [6.45, 7) is 6.65. The van der Waals surface area contributed by atoms with Gasteiger partial charge in [-0.15, -0.1) is 0 Å². The molecule has 1 atom stereocenters. The first-order chi connectivity index (χ1) is 12.5. The number of benzene rings is 1. The van der Waals surface area contributed by atoms with Crippen LogP contribution in [0.1, 0.15) is 25.3 Å². The molecule has 6 nitrogen and oxygen atoms in total. The molecule has 0 aromatic heterocycles. The Balaban J connectivity index is 1.76. The minimum atomic E-state index is -2.92. The van der Waals surface area contributed by atoms with Crippen LogP contribution in [0.2, 0.25) is 0 Å². The van der Waals surface area contributed by atoms with Gasteiger partial charge in [0, 0.05) is 38.4 Å². The van der Waals surface area contributed by atoms with Crippen LogP contribution in [0.15, 0.2) is 35.3 Å². The second kappa shape index (κ2) is 10.5. The van der Waals surface area contributed by atoms with E-state index in [2.05, 4.69) is 27.3 Å². The highest BCUT2D eigenvalue weighted by Crippen LogP contribution is 2.17. The molecule has 0 spiro atoms. The maximum atomic E-state index is 11.2. The van der Waals surface area contributed by atoms with Crippen LogP contribution in [-0.4, -0.2) is 64.1 Å². The fraction of sp³-hybridized carbons (Fsp3) is 0.632. The molecule has 26 heavy (non-hydrogen) atoms. The van der Waals surface area contributed by atoms with Gasteiger partial charge in [-0.1, -0.05) is 30.3 Å². The molecule has 2 rings (SSSR count). The van der Waals surface area contributed by atoms with Gasteiger partial charge in [0.05, 0.1) is 19.0 Å². The fourth-order valence-corrected chi connectivity index (χ4v) is 3.67. The Morgan fingerprint density at radius 3 is 2.81 bits per heavy atom. The van der Waals surface area contributed by atoms with E-state index in [9.17, 15) is 8.42 Å². The average Bonchev–Trinajstić information content (AvgIpc) is 3.06. The molecule has 1 aliphatic rings. The van der Waals surface area contributed by atoms with E-state index in [1.165, 1.54) is 11.8 Å². The van der Waals surface area contributed by atoms with Crippen LogP contribution in [0.5, 0.6) is 0 Å². The molecule has 146 valence electrons. The lowest BCUT2D eigenvalue weighted by Gasteiger charge is -2.21. The number of guanidine groups is 1. The van der Waals surface area contributed by atoms with Crippen LogP contribution in [0.25, 0.3) is 0 Å². The normalized spacial score (nSPS) is 18.3. The van der Waals surface area contributed by atoms with Gasteiger partial charge >= 0.3 is 0 Å². The van der Waals surface area contributed by atoms with Crippen LogP contribution < -0.4 is 5.32 Å². The van der Waals surface area contributed by atoms with E-state index in [0.717, 1.165) is 38.6 Å². The number of likely N-dealkylation sites (tertiary alicyclic amines) is 1. The topological polar surface area (TPSA) is 71.0 Å². The molecule has 1 aromatic carbocycles. The molecular formula is C19H31N3O3S. The van der Waals surface area contributed by atoms with E-state index in [1.54, 1.807) is 0 Å². The zero-order valence-electron chi connectivity index (χ0n) is 15.9. The molecule has 1 heterocycles. The minimum Gasteiger partial charge on any atom is -0.376 e. The van der Waals surface area contributed by atoms with E-state index < -0.39 is 9.84 Å². The Bertz CT molecular complexity index is 662. The Labute approximate surface area is 157 Å². The molecule has 0 radical (unpaired) electrons. The number of nitrogens with zero attached hydrogens (tertiary/aromatic N) is 2. The van der Waals surface area contributed by atoms with Crippen molar-refractivity contribution in [2.24, 2.45) is 10.9 Å². The molecule has 7 heteroatoms. The highest BCUT2D eigenvalue weighted by Gasteiger charge is 2.24. The van der Waals surface area contributed by atoms with Crippen molar-refractivity contribution in [2.75, 3.05) is 44.8 Å². The molecule has 0 bridgehead atoms. The first kappa shape index (κ1) is 20.7. The number of nitrogens with one attached hydrogen (secondary N) is 1. The van der Waals surface area contributed by atoms with Gasteiger partial charge in [0.15, 0.2) is 5.96 Å². The van der Waals surface area contributed by atoms with Crippen LogP contribution >= 0.6 is 0 Å². The van der Waals surface area contributed by atoms with E-state index >= 15 is 0 Å². The summed E-state index contributed by atoms with van der Waals surface area (Å²) < 4.78 is 28.3. The first-order valence-electron chi connectivity index (χ1n) is 9.30.